The van der Waals surface area contributed by atoms with Gasteiger partial charge in [-0.15, -0.1) is 24.7 Å². The summed E-state index contributed by atoms with van der Waals surface area (Å²) in [6.07, 6.45) is 21.2. The number of carbonyl (C=O) groups excluding carboxylic acids is 3. The number of aromatic nitrogens is 1. The van der Waals surface area contributed by atoms with E-state index in [2.05, 4.69) is 16.8 Å². The molecule has 0 spiro atoms. The predicted octanol–water partition coefficient (Wildman–Crippen LogP) is 6.24. The van der Waals surface area contributed by atoms with Gasteiger partial charge >= 0.3 is 17.9 Å². The van der Waals surface area contributed by atoms with Crippen LogP contribution in [0.4, 0.5) is 0 Å². The van der Waals surface area contributed by atoms with Gasteiger partial charge in [-0.1, -0.05) is 42.5 Å². The van der Waals surface area contributed by atoms with Crippen molar-refractivity contribution in [1.82, 2.24) is 4.98 Å². The predicted molar refractivity (Wildman–Crippen MR) is 201 cm³/mol. The molecule has 0 unspecified atom stereocenters. The molecule has 1 aliphatic carbocycles. The van der Waals surface area contributed by atoms with Crippen LogP contribution >= 0.6 is 0 Å². The standard InChI is InChI=1S/C43H55NO9/c1-4-6-11-20-40(48)51-29-33-28-44-31(3)43(37(33)30-52-41(49)21-12-7-5-2)53-42(50)22-16-9-8-15-19-35-36(39(47)27-38(35)46)26-25-34(45)24-23-32-17-13-10-14-18-32/h1-2,8,10,13-15,17-18,28,34-36,38-39,45-47H,6-7,9,11-12,16,19-27,29-30H2,3H3/b15-8-/t34-,35+,36+,38-,39+/m0/s1. The summed E-state index contributed by atoms with van der Waals surface area (Å²) in [5.41, 5.74) is 2.43. The van der Waals surface area contributed by atoms with Gasteiger partial charge in [-0.3, -0.25) is 19.4 Å². The summed E-state index contributed by atoms with van der Waals surface area (Å²) in [4.78, 5) is 41.9. The highest BCUT2D eigenvalue weighted by molar-refractivity contribution is 5.74. The quantitative estimate of drug-likeness (QED) is 0.0519. The fourth-order valence-corrected chi connectivity index (χ4v) is 6.53. The zero-order chi connectivity index (χ0) is 38.4. The van der Waals surface area contributed by atoms with Gasteiger partial charge in [0.05, 0.1) is 24.0 Å². The number of aliphatic hydroxyl groups is 3. The minimum atomic E-state index is -0.614. The normalized spacial score (nSPS) is 18.6. The minimum Gasteiger partial charge on any atom is -0.461 e. The molecule has 0 amide bonds. The number of nitrogens with zero attached hydrogens (tertiary/aromatic N) is 1. The Hall–Kier alpha value is -4.48. The first-order valence-corrected chi connectivity index (χ1v) is 18.7. The third-order valence-electron chi connectivity index (χ3n) is 9.58. The Bertz CT molecular complexity index is 1560. The number of pyridine rings is 1. The molecule has 0 aliphatic heterocycles. The third kappa shape index (κ3) is 15.6. The number of esters is 3. The lowest BCUT2D eigenvalue weighted by atomic mass is 9.85. The molecule has 10 nitrogen and oxygen atoms in total. The summed E-state index contributed by atoms with van der Waals surface area (Å²) in [7, 11) is 0. The third-order valence-corrected chi connectivity index (χ3v) is 9.58. The summed E-state index contributed by atoms with van der Waals surface area (Å²) in [6, 6.07) is 10.0. The molecule has 3 rings (SSSR count). The summed E-state index contributed by atoms with van der Waals surface area (Å²) >= 11 is 0. The highest BCUT2D eigenvalue weighted by Crippen LogP contribution is 2.38. The molecule has 53 heavy (non-hydrogen) atoms. The zero-order valence-electron chi connectivity index (χ0n) is 30.9. The van der Waals surface area contributed by atoms with Gasteiger partial charge in [-0.25, -0.2) is 0 Å². The highest BCUT2D eigenvalue weighted by Gasteiger charge is 2.40. The van der Waals surface area contributed by atoms with Crippen LogP contribution in [0.2, 0.25) is 0 Å². The van der Waals surface area contributed by atoms with E-state index in [-0.39, 0.29) is 50.1 Å². The fraction of sp³-hybridized carbons (Fsp3) is 0.535. The molecule has 286 valence electrons. The summed E-state index contributed by atoms with van der Waals surface area (Å²) in [6.45, 7) is 1.32. The van der Waals surface area contributed by atoms with Gasteiger partial charge in [-0.2, -0.15) is 0 Å². The van der Waals surface area contributed by atoms with E-state index in [1.165, 1.54) is 11.8 Å². The molecule has 5 atom stereocenters. The maximum absolute atomic E-state index is 13.0. The molecule has 1 fully saturated rings. The van der Waals surface area contributed by atoms with E-state index in [1.807, 2.05) is 42.5 Å². The lowest BCUT2D eigenvalue weighted by molar-refractivity contribution is -0.146. The van der Waals surface area contributed by atoms with Gasteiger partial charge in [0.1, 0.15) is 13.2 Å². The molecule has 10 heteroatoms. The molecule has 2 aromatic rings. The van der Waals surface area contributed by atoms with E-state index < -0.39 is 36.2 Å². The maximum Gasteiger partial charge on any atom is 0.311 e. The second-order valence-corrected chi connectivity index (χ2v) is 13.6. The average Bonchev–Trinajstić information content (AvgIpc) is 3.42. The maximum atomic E-state index is 13.0. The van der Waals surface area contributed by atoms with E-state index in [1.54, 1.807) is 6.92 Å². The number of aryl methyl sites for hydroxylation is 2. The van der Waals surface area contributed by atoms with Crippen LogP contribution in [-0.2, 0) is 43.5 Å². The van der Waals surface area contributed by atoms with E-state index in [9.17, 15) is 29.7 Å². The number of rotatable bonds is 23. The van der Waals surface area contributed by atoms with Crippen LogP contribution in [0, 0.1) is 43.4 Å². The average molecular weight is 730 g/mol. The molecule has 1 heterocycles. The van der Waals surface area contributed by atoms with Crippen LogP contribution in [-0.4, -0.2) is 56.5 Å². The van der Waals surface area contributed by atoms with Crippen molar-refractivity contribution in [3.63, 3.8) is 0 Å². The molecular weight excluding hydrogens is 674 g/mol. The first-order valence-electron chi connectivity index (χ1n) is 18.7. The Labute approximate surface area is 314 Å². The highest BCUT2D eigenvalue weighted by atomic mass is 16.5. The van der Waals surface area contributed by atoms with Gasteiger partial charge in [-0.05, 0) is 88.5 Å². The van der Waals surface area contributed by atoms with Gasteiger partial charge in [0.15, 0.2) is 5.75 Å². The topological polar surface area (TPSA) is 152 Å². The number of hydrogen-bond acceptors (Lipinski definition) is 10. The van der Waals surface area contributed by atoms with E-state index in [0.717, 1.165) is 6.42 Å². The summed E-state index contributed by atoms with van der Waals surface area (Å²) in [5, 5.41) is 31.9. The van der Waals surface area contributed by atoms with Gasteiger partial charge in [0.2, 0.25) is 0 Å². The summed E-state index contributed by atoms with van der Waals surface area (Å²) in [5.74, 6) is 3.53. The number of benzene rings is 1. The Balaban J connectivity index is 1.52. The van der Waals surface area contributed by atoms with Crippen molar-refractivity contribution < 1.29 is 43.9 Å². The van der Waals surface area contributed by atoms with Crippen molar-refractivity contribution in [2.75, 3.05) is 0 Å². The Kier molecular flexibility index (Phi) is 19.4. The number of aliphatic hydroxyl groups excluding tert-OH is 3. The summed E-state index contributed by atoms with van der Waals surface area (Å²) < 4.78 is 16.7. The lowest BCUT2D eigenvalue weighted by Gasteiger charge is -2.23. The van der Waals surface area contributed by atoms with Crippen molar-refractivity contribution in [2.45, 2.75) is 135 Å². The Morgan fingerprint density at radius 1 is 0.887 bits per heavy atom. The van der Waals surface area contributed by atoms with Crippen LogP contribution in [0.5, 0.6) is 5.75 Å². The minimum absolute atomic E-state index is 0.1000. The fourth-order valence-electron chi connectivity index (χ4n) is 6.53. The molecular formula is C43H55NO9. The monoisotopic (exact) mass is 729 g/mol. The smallest absolute Gasteiger partial charge is 0.311 e. The van der Waals surface area contributed by atoms with Crippen molar-refractivity contribution in [3.8, 4) is 30.4 Å². The number of unbranched alkanes of at least 4 members (excludes halogenated alkanes) is 3. The van der Waals surface area contributed by atoms with Crippen molar-refractivity contribution in [1.29, 1.82) is 0 Å². The van der Waals surface area contributed by atoms with E-state index >= 15 is 0 Å². The van der Waals surface area contributed by atoms with Crippen molar-refractivity contribution >= 4 is 17.9 Å². The Morgan fingerprint density at radius 3 is 2.21 bits per heavy atom. The lowest BCUT2D eigenvalue weighted by Crippen LogP contribution is -2.23. The van der Waals surface area contributed by atoms with Crippen LogP contribution in [0.3, 0.4) is 0 Å². The Morgan fingerprint density at radius 2 is 1.53 bits per heavy atom. The number of hydrogen-bond donors (Lipinski definition) is 3. The van der Waals surface area contributed by atoms with Crippen LogP contribution in [0.15, 0.2) is 48.7 Å². The first-order chi connectivity index (χ1) is 25.6. The first kappa shape index (κ1) is 42.9. The van der Waals surface area contributed by atoms with Gasteiger partial charge < -0.3 is 29.5 Å². The number of ether oxygens (including phenoxy) is 3. The van der Waals surface area contributed by atoms with Crippen molar-refractivity contribution in [3.05, 3.63) is 71.1 Å². The molecule has 1 aromatic heterocycles. The number of carbonyl (C=O) groups is 3. The second-order valence-electron chi connectivity index (χ2n) is 13.6. The van der Waals surface area contributed by atoms with Crippen LogP contribution in [0.25, 0.3) is 0 Å². The van der Waals surface area contributed by atoms with E-state index in [4.69, 9.17) is 27.1 Å². The molecule has 1 aliphatic rings. The molecule has 0 saturated heterocycles. The zero-order valence-corrected chi connectivity index (χ0v) is 30.9. The largest absolute Gasteiger partial charge is 0.461 e. The second kappa shape index (κ2) is 24.0. The van der Waals surface area contributed by atoms with Gasteiger partial charge in [0, 0.05) is 49.4 Å². The molecule has 1 saturated carbocycles. The number of allylic oxidation sites excluding steroid dienone is 2. The van der Waals surface area contributed by atoms with Gasteiger partial charge in [0.25, 0.3) is 0 Å². The van der Waals surface area contributed by atoms with Crippen LogP contribution < -0.4 is 4.74 Å². The number of terminal acetylenes is 2. The van der Waals surface area contributed by atoms with Crippen LogP contribution in [0.1, 0.15) is 112 Å². The molecule has 0 bridgehead atoms. The molecule has 0 radical (unpaired) electrons. The van der Waals surface area contributed by atoms with Crippen molar-refractivity contribution in [2.24, 2.45) is 11.8 Å². The SMILES string of the molecule is C#CCCCC(=O)OCc1cnc(C)c(OC(=O)CCC/C=C\C[C@@H]2[C@@H](CC[C@@H](O)CCc3ccccc3)[C@H](O)C[C@@H]2O)c1COC(=O)CCCC#C. The molecule has 1 aromatic carbocycles. The molecule has 3 N–H and O–H groups in total. The van der Waals surface area contributed by atoms with E-state index in [0.29, 0.717) is 87.4 Å².